The lowest BCUT2D eigenvalue weighted by atomic mass is 10.0. The van der Waals surface area contributed by atoms with E-state index < -0.39 is 0 Å². The highest BCUT2D eigenvalue weighted by atomic mass is 32.2. The van der Waals surface area contributed by atoms with Crippen LogP contribution >= 0.6 is 23.1 Å². The number of nitrogens with zero attached hydrogens (tertiary/aromatic N) is 5. The van der Waals surface area contributed by atoms with Crippen molar-refractivity contribution in [3.05, 3.63) is 29.5 Å². The number of hydrogen-bond acceptors (Lipinski definition) is 5. The van der Waals surface area contributed by atoms with Crippen LogP contribution in [0.4, 0.5) is 0 Å². The molecule has 1 fully saturated rings. The molecule has 1 unspecified atom stereocenters. The van der Waals surface area contributed by atoms with Crippen LogP contribution in [0.15, 0.2) is 33.3 Å². The number of guanidine groups is 1. The lowest BCUT2D eigenvalue weighted by Crippen LogP contribution is -2.40. The standard InChI is InChI=1S/C17H26N6S2/c1-3-18-16(19-6-4-9-24-17-20-7-10-25-17)23-8-5-14(13-23)15-11-21-22(2)12-15/h7,10-12,14H,3-6,8-9,13H2,1-2H3,(H,18,19). The first-order valence-corrected chi connectivity index (χ1v) is 10.7. The minimum atomic E-state index is 0.554. The molecule has 0 amide bonds. The molecule has 0 radical (unpaired) electrons. The fourth-order valence-electron chi connectivity index (χ4n) is 2.99. The summed E-state index contributed by atoms with van der Waals surface area (Å²) < 4.78 is 3.03. The van der Waals surface area contributed by atoms with Gasteiger partial charge in [-0.05, 0) is 25.3 Å². The lowest BCUT2D eigenvalue weighted by Gasteiger charge is -2.21. The number of likely N-dealkylation sites (tertiary alicyclic amines) is 1. The van der Waals surface area contributed by atoms with Gasteiger partial charge in [0.05, 0.1) is 6.20 Å². The summed E-state index contributed by atoms with van der Waals surface area (Å²) in [5.41, 5.74) is 1.33. The van der Waals surface area contributed by atoms with Crippen LogP contribution in [-0.4, -0.2) is 57.6 Å². The quantitative estimate of drug-likeness (QED) is 0.347. The van der Waals surface area contributed by atoms with E-state index in [4.69, 9.17) is 4.99 Å². The fraction of sp³-hybridized carbons (Fsp3) is 0.588. The summed E-state index contributed by atoms with van der Waals surface area (Å²) in [6.45, 7) is 5.96. The normalized spacial score (nSPS) is 18.1. The minimum absolute atomic E-state index is 0.554. The molecule has 1 saturated heterocycles. The van der Waals surface area contributed by atoms with E-state index in [0.717, 1.165) is 55.1 Å². The van der Waals surface area contributed by atoms with Gasteiger partial charge in [-0.1, -0.05) is 11.8 Å². The Morgan fingerprint density at radius 3 is 3.16 bits per heavy atom. The molecular formula is C17H26N6S2. The number of thioether (sulfide) groups is 1. The zero-order valence-electron chi connectivity index (χ0n) is 14.9. The van der Waals surface area contributed by atoms with Gasteiger partial charge >= 0.3 is 0 Å². The van der Waals surface area contributed by atoms with Crippen molar-refractivity contribution >= 4 is 29.1 Å². The molecule has 1 N–H and O–H groups in total. The molecule has 1 atom stereocenters. The summed E-state index contributed by atoms with van der Waals surface area (Å²) in [7, 11) is 1.98. The van der Waals surface area contributed by atoms with Crippen LogP contribution in [0, 0.1) is 0 Å². The average Bonchev–Trinajstić information content (AvgIpc) is 3.35. The molecule has 136 valence electrons. The van der Waals surface area contributed by atoms with Crippen LogP contribution in [0.3, 0.4) is 0 Å². The molecule has 1 aliphatic heterocycles. The topological polar surface area (TPSA) is 58.3 Å². The van der Waals surface area contributed by atoms with Gasteiger partial charge in [0.1, 0.15) is 4.34 Å². The van der Waals surface area contributed by atoms with Crippen LogP contribution in [0.25, 0.3) is 0 Å². The highest BCUT2D eigenvalue weighted by Gasteiger charge is 2.26. The maximum atomic E-state index is 4.83. The number of rotatable bonds is 7. The van der Waals surface area contributed by atoms with E-state index >= 15 is 0 Å². The van der Waals surface area contributed by atoms with E-state index in [1.54, 1.807) is 11.3 Å². The molecule has 1 aliphatic rings. The van der Waals surface area contributed by atoms with Crippen molar-refractivity contribution in [1.29, 1.82) is 0 Å². The second-order valence-corrected chi connectivity index (χ2v) is 8.35. The molecule has 8 heteroatoms. The van der Waals surface area contributed by atoms with Gasteiger partial charge in [-0.2, -0.15) is 5.10 Å². The Labute approximate surface area is 157 Å². The SMILES string of the molecule is CCNC(=NCCCSc1nccs1)N1CCC(c2cnn(C)c2)C1. The van der Waals surface area contributed by atoms with E-state index in [1.807, 2.05) is 41.3 Å². The first-order valence-electron chi connectivity index (χ1n) is 8.80. The number of nitrogens with one attached hydrogen (secondary N) is 1. The van der Waals surface area contributed by atoms with Gasteiger partial charge in [0.15, 0.2) is 5.96 Å². The van der Waals surface area contributed by atoms with Crippen LogP contribution in [0.2, 0.25) is 0 Å². The van der Waals surface area contributed by atoms with Crippen molar-refractivity contribution in [3.63, 3.8) is 0 Å². The Hall–Kier alpha value is -1.54. The van der Waals surface area contributed by atoms with Gasteiger partial charge in [0.2, 0.25) is 0 Å². The van der Waals surface area contributed by atoms with Gasteiger partial charge in [-0.25, -0.2) is 4.98 Å². The molecule has 2 aromatic rings. The smallest absolute Gasteiger partial charge is 0.193 e. The molecule has 2 aromatic heterocycles. The maximum Gasteiger partial charge on any atom is 0.193 e. The molecular weight excluding hydrogens is 352 g/mol. The average molecular weight is 379 g/mol. The molecule has 3 heterocycles. The molecule has 0 aliphatic carbocycles. The van der Waals surface area contributed by atoms with Crippen LogP contribution < -0.4 is 5.32 Å². The van der Waals surface area contributed by atoms with E-state index in [9.17, 15) is 0 Å². The predicted octanol–water partition coefficient (Wildman–Crippen LogP) is 2.81. The Balaban J connectivity index is 1.48. The second kappa shape index (κ2) is 9.24. The third kappa shape index (κ3) is 5.22. The zero-order valence-corrected chi connectivity index (χ0v) is 16.5. The summed E-state index contributed by atoms with van der Waals surface area (Å²) in [5, 5.41) is 9.77. The molecule has 0 bridgehead atoms. The van der Waals surface area contributed by atoms with Crippen molar-refractivity contribution in [2.75, 3.05) is 31.9 Å². The second-order valence-electron chi connectivity index (χ2n) is 6.11. The Morgan fingerprint density at radius 1 is 1.52 bits per heavy atom. The number of aliphatic imine (C=N–C) groups is 1. The molecule has 25 heavy (non-hydrogen) atoms. The fourth-order valence-corrected chi connectivity index (χ4v) is 4.62. The number of aryl methyl sites for hydroxylation is 1. The highest BCUT2D eigenvalue weighted by molar-refractivity contribution is 8.00. The van der Waals surface area contributed by atoms with Gasteiger partial charge in [0, 0.05) is 62.7 Å². The molecule has 0 aromatic carbocycles. The maximum absolute atomic E-state index is 4.83. The summed E-state index contributed by atoms with van der Waals surface area (Å²) in [4.78, 5) is 11.5. The van der Waals surface area contributed by atoms with E-state index in [0.29, 0.717) is 5.92 Å². The number of thiazole rings is 1. The van der Waals surface area contributed by atoms with Crippen molar-refractivity contribution in [1.82, 2.24) is 25.0 Å². The molecule has 6 nitrogen and oxygen atoms in total. The van der Waals surface area contributed by atoms with Crippen molar-refractivity contribution in [3.8, 4) is 0 Å². The molecule has 0 saturated carbocycles. The van der Waals surface area contributed by atoms with E-state index in [-0.39, 0.29) is 0 Å². The zero-order chi connectivity index (χ0) is 17.5. The van der Waals surface area contributed by atoms with Crippen molar-refractivity contribution in [2.45, 2.75) is 30.0 Å². The summed E-state index contributed by atoms with van der Waals surface area (Å²) in [5.74, 6) is 2.67. The largest absolute Gasteiger partial charge is 0.357 e. The first-order chi connectivity index (χ1) is 12.3. The minimum Gasteiger partial charge on any atom is -0.357 e. The van der Waals surface area contributed by atoms with E-state index in [2.05, 4.69) is 33.4 Å². The Bertz CT molecular complexity index is 666. The summed E-state index contributed by atoms with van der Waals surface area (Å²) >= 11 is 3.52. The highest BCUT2D eigenvalue weighted by Crippen LogP contribution is 2.26. The first kappa shape index (κ1) is 18.3. The van der Waals surface area contributed by atoms with Crippen LogP contribution in [0.1, 0.15) is 31.2 Å². The van der Waals surface area contributed by atoms with Gasteiger partial charge in [0.25, 0.3) is 0 Å². The predicted molar refractivity (Wildman–Crippen MR) is 106 cm³/mol. The summed E-state index contributed by atoms with van der Waals surface area (Å²) in [6.07, 6.45) is 8.22. The summed E-state index contributed by atoms with van der Waals surface area (Å²) in [6, 6.07) is 0. The van der Waals surface area contributed by atoms with Gasteiger partial charge in [-0.3, -0.25) is 9.67 Å². The number of aromatic nitrogens is 3. The van der Waals surface area contributed by atoms with Gasteiger partial charge in [-0.15, -0.1) is 11.3 Å². The Kier molecular flexibility index (Phi) is 6.75. The monoisotopic (exact) mass is 378 g/mol. The van der Waals surface area contributed by atoms with Crippen LogP contribution in [0.5, 0.6) is 0 Å². The molecule has 3 rings (SSSR count). The van der Waals surface area contributed by atoms with Crippen LogP contribution in [-0.2, 0) is 7.05 Å². The van der Waals surface area contributed by atoms with E-state index in [1.165, 1.54) is 5.56 Å². The lowest BCUT2D eigenvalue weighted by molar-refractivity contribution is 0.486. The van der Waals surface area contributed by atoms with Gasteiger partial charge < -0.3 is 10.2 Å². The van der Waals surface area contributed by atoms with Crippen molar-refractivity contribution < 1.29 is 0 Å². The number of hydrogen-bond donors (Lipinski definition) is 1. The third-order valence-corrected chi connectivity index (χ3v) is 6.27. The molecule has 0 spiro atoms. The van der Waals surface area contributed by atoms with Crippen molar-refractivity contribution in [2.24, 2.45) is 12.0 Å². The Morgan fingerprint density at radius 2 is 2.44 bits per heavy atom. The third-order valence-electron chi connectivity index (χ3n) is 4.22.